The molecule has 1 aromatic carbocycles. The molecule has 6 nitrogen and oxygen atoms in total. The minimum absolute atomic E-state index is 0.0705. The van der Waals surface area contributed by atoms with Crippen LogP contribution >= 0.6 is 11.3 Å². The number of Topliss-reactive ketones (excluding diaryl/α,β-unsaturated/α-hetero) is 1. The lowest BCUT2D eigenvalue weighted by atomic mass is 9.96. The number of carbonyl (C=O) groups is 2. The molecular formula is C26H26N2O4S. The van der Waals surface area contributed by atoms with E-state index in [0.29, 0.717) is 23.5 Å². The van der Waals surface area contributed by atoms with Gasteiger partial charge in [-0.2, -0.15) is 0 Å². The maximum Gasteiger partial charge on any atom is 0.295 e. The third-order valence-corrected chi connectivity index (χ3v) is 6.45. The molecule has 1 N–H and O–H groups in total. The van der Waals surface area contributed by atoms with Gasteiger partial charge in [-0.15, -0.1) is 11.3 Å². The van der Waals surface area contributed by atoms with E-state index in [9.17, 15) is 14.7 Å². The molecule has 0 bridgehead atoms. The van der Waals surface area contributed by atoms with Crippen molar-refractivity contribution in [2.75, 3.05) is 6.61 Å². The molecule has 33 heavy (non-hydrogen) atoms. The Morgan fingerprint density at radius 2 is 1.94 bits per heavy atom. The van der Waals surface area contributed by atoms with Gasteiger partial charge in [0.15, 0.2) is 0 Å². The van der Waals surface area contributed by atoms with Crippen LogP contribution in [0.1, 0.15) is 48.2 Å². The second-order valence-electron chi connectivity index (χ2n) is 7.87. The van der Waals surface area contributed by atoms with E-state index in [-0.39, 0.29) is 17.9 Å². The fourth-order valence-corrected chi connectivity index (χ4v) is 4.61. The number of pyridine rings is 1. The quantitative estimate of drug-likeness (QED) is 0.201. The van der Waals surface area contributed by atoms with E-state index < -0.39 is 17.7 Å². The van der Waals surface area contributed by atoms with Crippen LogP contribution < -0.4 is 4.74 Å². The molecule has 3 heterocycles. The number of hydrogen-bond donors (Lipinski definition) is 1. The lowest BCUT2D eigenvalue weighted by Gasteiger charge is -2.24. The van der Waals surface area contributed by atoms with Crippen LogP contribution in [0.3, 0.4) is 0 Å². The molecule has 7 heteroatoms. The third kappa shape index (κ3) is 4.98. The smallest absolute Gasteiger partial charge is 0.295 e. The van der Waals surface area contributed by atoms with Gasteiger partial charge in [-0.3, -0.25) is 14.6 Å². The number of rotatable bonds is 9. The summed E-state index contributed by atoms with van der Waals surface area (Å²) in [6.45, 7) is 3.05. The second-order valence-corrected chi connectivity index (χ2v) is 8.90. The van der Waals surface area contributed by atoms with Crippen LogP contribution in [0.25, 0.3) is 5.76 Å². The number of aromatic nitrogens is 1. The zero-order valence-electron chi connectivity index (χ0n) is 18.4. The molecule has 4 rings (SSSR count). The van der Waals surface area contributed by atoms with Gasteiger partial charge in [-0.05, 0) is 53.8 Å². The number of hydrogen-bond acceptors (Lipinski definition) is 6. The number of carbonyl (C=O) groups excluding carboxylic acids is 2. The van der Waals surface area contributed by atoms with E-state index in [1.54, 1.807) is 42.7 Å². The van der Waals surface area contributed by atoms with Crippen LogP contribution in [0, 0.1) is 0 Å². The largest absolute Gasteiger partial charge is 0.507 e. The molecule has 2 aromatic heterocycles. The Labute approximate surface area is 197 Å². The van der Waals surface area contributed by atoms with E-state index in [1.165, 1.54) is 16.2 Å². The third-order valence-electron chi connectivity index (χ3n) is 5.59. The summed E-state index contributed by atoms with van der Waals surface area (Å²) in [5.74, 6) is -0.828. The highest BCUT2D eigenvalue weighted by molar-refractivity contribution is 7.09. The average molecular weight is 463 g/mol. The first kappa shape index (κ1) is 22.7. The number of thiophene rings is 1. The summed E-state index contributed by atoms with van der Waals surface area (Å²) < 4.78 is 5.74. The van der Waals surface area contributed by atoms with Gasteiger partial charge in [-0.1, -0.05) is 31.9 Å². The van der Waals surface area contributed by atoms with E-state index in [1.807, 2.05) is 23.6 Å². The first-order valence-electron chi connectivity index (χ1n) is 11.0. The van der Waals surface area contributed by atoms with Crippen molar-refractivity contribution < 1.29 is 19.4 Å². The van der Waals surface area contributed by atoms with Gasteiger partial charge < -0.3 is 14.7 Å². The van der Waals surface area contributed by atoms with Crippen LogP contribution in [-0.2, 0) is 16.1 Å². The van der Waals surface area contributed by atoms with Gasteiger partial charge in [0.1, 0.15) is 11.5 Å². The van der Waals surface area contributed by atoms with E-state index in [4.69, 9.17) is 4.74 Å². The highest BCUT2D eigenvalue weighted by Crippen LogP contribution is 2.40. The summed E-state index contributed by atoms with van der Waals surface area (Å²) in [7, 11) is 0. The van der Waals surface area contributed by atoms with Crippen molar-refractivity contribution in [3.8, 4) is 5.75 Å². The molecular weight excluding hydrogens is 436 g/mol. The lowest BCUT2D eigenvalue weighted by molar-refractivity contribution is -0.140. The van der Waals surface area contributed by atoms with Gasteiger partial charge in [0, 0.05) is 22.8 Å². The summed E-state index contributed by atoms with van der Waals surface area (Å²) in [5, 5.41) is 13.1. The van der Waals surface area contributed by atoms with Crippen LogP contribution in [0.15, 0.2) is 71.9 Å². The summed E-state index contributed by atoms with van der Waals surface area (Å²) >= 11 is 1.51. The molecule has 3 aromatic rings. The molecule has 0 spiro atoms. The van der Waals surface area contributed by atoms with Crippen molar-refractivity contribution in [1.82, 2.24) is 9.88 Å². The number of aliphatic hydroxyl groups excluding tert-OH is 1. The van der Waals surface area contributed by atoms with Crippen molar-refractivity contribution in [1.29, 1.82) is 0 Å². The molecule has 0 aliphatic carbocycles. The van der Waals surface area contributed by atoms with E-state index in [0.717, 1.165) is 24.1 Å². The summed E-state index contributed by atoms with van der Waals surface area (Å²) in [6, 6.07) is 13.6. The molecule has 0 radical (unpaired) electrons. The fourth-order valence-electron chi connectivity index (χ4n) is 3.90. The minimum Gasteiger partial charge on any atom is -0.507 e. The Kier molecular flexibility index (Phi) is 7.19. The highest BCUT2D eigenvalue weighted by Gasteiger charge is 2.46. The monoisotopic (exact) mass is 462 g/mol. The predicted molar refractivity (Wildman–Crippen MR) is 128 cm³/mol. The van der Waals surface area contributed by atoms with Crippen LogP contribution in [0.4, 0.5) is 0 Å². The number of likely N-dealkylation sites (tertiary alicyclic amines) is 1. The number of benzene rings is 1. The molecule has 0 saturated carbocycles. The molecule has 1 saturated heterocycles. The van der Waals surface area contributed by atoms with Crippen LogP contribution in [-0.4, -0.2) is 33.3 Å². The predicted octanol–water partition coefficient (Wildman–Crippen LogP) is 5.33. The topological polar surface area (TPSA) is 79.7 Å². The van der Waals surface area contributed by atoms with Gasteiger partial charge in [0.2, 0.25) is 0 Å². The fraction of sp³-hybridized carbons (Fsp3) is 0.269. The zero-order valence-corrected chi connectivity index (χ0v) is 19.3. The van der Waals surface area contributed by atoms with Crippen molar-refractivity contribution in [2.45, 2.75) is 38.8 Å². The van der Waals surface area contributed by atoms with Gasteiger partial charge in [-0.25, -0.2) is 0 Å². The Hall–Kier alpha value is -3.45. The average Bonchev–Trinajstić information content (AvgIpc) is 3.45. The number of ether oxygens (including phenoxy) is 1. The molecule has 1 atom stereocenters. The number of aliphatic hydroxyl groups is 1. The Bertz CT molecular complexity index is 1120. The molecule has 1 amide bonds. The molecule has 170 valence electrons. The maximum atomic E-state index is 13.1. The highest BCUT2D eigenvalue weighted by atomic mass is 32.1. The van der Waals surface area contributed by atoms with Crippen molar-refractivity contribution in [3.05, 3.63) is 87.9 Å². The Balaban J connectivity index is 1.67. The van der Waals surface area contributed by atoms with E-state index >= 15 is 0 Å². The van der Waals surface area contributed by atoms with Gasteiger partial charge >= 0.3 is 0 Å². The molecule has 1 fully saturated rings. The van der Waals surface area contributed by atoms with E-state index in [2.05, 4.69) is 11.9 Å². The van der Waals surface area contributed by atoms with Gasteiger partial charge in [0.25, 0.3) is 11.7 Å². The second kappa shape index (κ2) is 10.4. The number of unbranched alkanes of at least 4 members (excludes halogenated alkanes) is 2. The molecule has 1 aliphatic heterocycles. The number of nitrogens with zero attached hydrogens (tertiary/aromatic N) is 2. The molecule has 1 aliphatic rings. The summed E-state index contributed by atoms with van der Waals surface area (Å²) in [6.07, 6.45) is 6.47. The molecule has 1 unspecified atom stereocenters. The first-order chi connectivity index (χ1) is 16.1. The van der Waals surface area contributed by atoms with Crippen LogP contribution in [0.5, 0.6) is 5.75 Å². The Morgan fingerprint density at radius 1 is 1.12 bits per heavy atom. The Morgan fingerprint density at radius 3 is 2.61 bits per heavy atom. The maximum absolute atomic E-state index is 13.1. The SMILES string of the molecule is CCCCCOc1ccc(/C(O)=C2/C(=O)C(=O)N(Cc3cccs3)C2c2cccnc2)cc1. The number of amides is 1. The first-order valence-corrected chi connectivity index (χ1v) is 11.9. The number of ketones is 1. The summed E-state index contributed by atoms with van der Waals surface area (Å²) in [4.78, 5) is 32.7. The normalized spacial score (nSPS) is 17.5. The van der Waals surface area contributed by atoms with Crippen molar-refractivity contribution in [3.63, 3.8) is 0 Å². The summed E-state index contributed by atoms with van der Waals surface area (Å²) in [5.41, 5.74) is 1.20. The standard InChI is InChI=1S/C26H26N2O4S/c1-2-3-4-14-32-20-11-9-18(10-12-20)24(29)22-23(19-7-5-13-27-16-19)28(26(31)25(22)30)17-21-8-6-15-33-21/h5-13,15-16,23,29H,2-4,14,17H2,1H3/b24-22-. The van der Waals surface area contributed by atoms with Crippen molar-refractivity contribution >= 4 is 28.8 Å². The van der Waals surface area contributed by atoms with Crippen LogP contribution in [0.2, 0.25) is 0 Å². The lowest BCUT2D eigenvalue weighted by Crippen LogP contribution is -2.28. The van der Waals surface area contributed by atoms with Crippen molar-refractivity contribution in [2.24, 2.45) is 0 Å². The zero-order chi connectivity index (χ0) is 23.2. The minimum atomic E-state index is -0.717. The van der Waals surface area contributed by atoms with Gasteiger partial charge in [0.05, 0.1) is 24.8 Å².